The van der Waals surface area contributed by atoms with Gasteiger partial charge in [-0.25, -0.2) is 4.98 Å². The largest absolute Gasteiger partial charge is 0.378 e. The van der Waals surface area contributed by atoms with Gasteiger partial charge in [0.2, 0.25) is 0 Å². The van der Waals surface area contributed by atoms with Gasteiger partial charge >= 0.3 is 0 Å². The second-order valence-corrected chi connectivity index (χ2v) is 7.68. The van der Waals surface area contributed by atoms with Gasteiger partial charge in [-0.1, -0.05) is 24.3 Å². The molecule has 5 heteroatoms. The highest BCUT2D eigenvalue weighted by molar-refractivity contribution is 6.11. The van der Waals surface area contributed by atoms with Crippen molar-refractivity contribution >= 4 is 33.4 Å². The van der Waals surface area contributed by atoms with E-state index in [1.165, 1.54) is 16.4 Å². The van der Waals surface area contributed by atoms with Gasteiger partial charge in [0, 0.05) is 65.2 Å². The summed E-state index contributed by atoms with van der Waals surface area (Å²) in [4.78, 5) is 20.0. The maximum Gasteiger partial charge on any atom is 0.167 e. The monoisotopic (exact) mass is 399 g/mol. The van der Waals surface area contributed by atoms with Gasteiger partial charge in [-0.05, 0) is 37.3 Å². The molecule has 0 atom stereocenters. The highest BCUT2D eigenvalue weighted by atomic mass is 16.5. The number of aryl methyl sites for hydroxylation is 1. The molecule has 0 bridgehead atoms. The lowest BCUT2D eigenvalue weighted by atomic mass is 10.0. The Morgan fingerprint density at radius 1 is 1.00 bits per heavy atom. The quantitative estimate of drug-likeness (QED) is 0.465. The molecule has 0 aliphatic carbocycles. The van der Waals surface area contributed by atoms with E-state index in [0.29, 0.717) is 19.6 Å². The van der Waals surface area contributed by atoms with E-state index in [0.717, 1.165) is 42.0 Å². The van der Waals surface area contributed by atoms with E-state index >= 15 is 0 Å². The van der Waals surface area contributed by atoms with Crippen LogP contribution in [0.3, 0.4) is 0 Å². The second-order valence-electron chi connectivity index (χ2n) is 7.68. The summed E-state index contributed by atoms with van der Waals surface area (Å²) in [5.74, 6) is 1.02. The molecule has 1 saturated heterocycles. The molecule has 1 aliphatic rings. The molecule has 0 amide bonds. The third kappa shape index (κ3) is 3.25. The van der Waals surface area contributed by atoms with Gasteiger partial charge in [0.15, 0.2) is 5.78 Å². The first kappa shape index (κ1) is 18.8. The molecule has 1 fully saturated rings. The number of para-hydroxylation sites is 1. The molecule has 4 aromatic rings. The van der Waals surface area contributed by atoms with Gasteiger partial charge in [0.1, 0.15) is 5.82 Å². The minimum Gasteiger partial charge on any atom is -0.378 e. The molecule has 2 aromatic carbocycles. The zero-order valence-electron chi connectivity index (χ0n) is 17.2. The number of hydrogen-bond acceptors (Lipinski definition) is 4. The number of pyridine rings is 1. The van der Waals surface area contributed by atoms with Crippen LogP contribution in [-0.2, 0) is 17.7 Å². The van der Waals surface area contributed by atoms with Crippen molar-refractivity contribution in [3.05, 3.63) is 71.9 Å². The molecule has 0 radical (unpaired) electrons. The fourth-order valence-corrected chi connectivity index (χ4v) is 4.47. The lowest BCUT2D eigenvalue weighted by molar-refractivity contribution is 0.0993. The summed E-state index contributed by atoms with van der Waals surface area (Å²) >= 11 is 0. The number of carbonyl (C=O) groups excluding carboxylic acids is 1. The van der Waals surface area contributed by atoms with Gasteiger partial charge < -0.3 is 14.2 Å². The average Bonchev–Trinajstić information content (AvgIpc) is 3.13. The van der Waals surface area contributed by atoms with Crippen LogP contribution in [0.25, 0.3) is 21.8 Å². The van der Waals surface area contributed by atoms with Crippen molar-refractivity contribution in [3.63, 3.8) is 0 Å². The van der Waals surface area contributed by atoms with Crippen molar-refractivity contribution in [1.82, 2.24) is 9.55 Å². The normalized spacial score (nSPS) is 14.5. The second kappa shape index (κ2) is 7.92. The number of aromatic nitrogens is 2. The fourth-order valence-electron chi connectivity index (χ4n) is 4.47. The lowest BCUT2D eigenvalue weighted by Crippen LogP contribution is -2.37. The van der Waals surface area contributed by atoms with E-state index in [9.17, 15) is 4.79 Å². The first-order chi connectivity index (χ1) is 14.8. The number of rotatable bonds is 5. The Hall–Kier alpha value is -3.18. The summed E-state index contributed by atoms with van der Waals surface area (Å²) < 4.78 is 7.76. The molecule has 5 nitrogen and oxygen atoms in total. The Labute approximate surface area is 175 Å². The van der Waals surface area contributed by atoms with E-state index in [1.807, 2.05) is 18.2 Å². The van der Waals surface area contributed by atoms with Gasteiger partial charge in [-0.15, -0.1) is 0 Å². The first-order valence-corrected chi connectivity index (χ1v) is 10.6. The summed E-state index contributed by atoms with van der Waals surface area (Å²) in [7, 11) is 0. The number of carbonyl (C=O) groups is 1. The minimum atomic E-state index is 0.118. The summed E-state index contributed by atoms with van der Waals surface area (Å²) in [5, 5.41) is 2.33. The van der Waals surface area contributed by atoms with Crippen molar-refractivity contribution in [2.24, 2.45) is 0 Å². The van der Waals surface area contributed by atoms with Crippen molar-refractivity contribution in [2.75, 3.05) is 31.2 Å². The van der Waals surface area contributed by atoms with Crippen LogP contribution in [0.15, 0.2) is 60.8 Å². The third-order valence-corrected chi connectivity index (χ3v) is 5.94. The van der Waals surface area contributed by atoms with Crippen molar-refractivity contribution < 1.29 is 9.53 Å². The van der Waals surface area contributed by atoms with E-state index in [1.54, 1.807) is 6.20 Å². The van der Waals surface area contributed by atoms with Crippen LogP contribution < -0.4 is 4.90 Å². The molecule has 3 heterocycles. The van der Waals surface area contributed by atoms with Gasteiger partial charge in [-0.3, -0.25) is 4.79 Å². The summed E-state index contributed by atoms with van der Waals surface area (Å²) in [6, 6.07) is 18.4. The molecule has 30 heavy (non-hydrogen) atoms. The molecule has 0 unspecified atom stereocenters. The summed E-state index contributed by atoms with van der Waals surface area (Å²) in [5.41, 5.74) is 4.10. The molecular weight excluding hydrogens is 374 g/mol. The Bertz CT molecular complexity index is 1220. The summed E-state index contributed by atoms with van der Waals surface area (Å²) in [6.07, 6.45) is 2.14. The van der Waals surface area contributed by atoms with Crippen molar-refractivity contribution in [3.8, 4) is 0 Å². The molecule has 0 spiro atoms. The van der Waals surface area contributed by atoms with Crippen molar-refractivity contribution in [1.29, 1.82) is 0 Å². The van der Waals surface area contributed by atoms with Crippen LogP contribution in [0, 0.1) is 0 Å². The van der Waals surface area contributed by atoms with Crippen LogP contribution in [0.5, 0.6) is 0 Å². The van der Waals surface area contributed by atoms with E-state index < -0.39 is 0 Å². The van der Waals surface area contributed by atoms with Crippen molar-refractivity contribution in [2.45, 2.75) is 19.9 Å². The number of Topliss-reactive ketones (excluding diaryl/α,β-unsaturated/α-hetero) is 1. The number of ketones is 1. The van der Waals surface area contributed by atoms with Crippen LogP contribution >= 0.6 is 0 Å². The number of anilines is 1. The van der Waals surface area contributed by atoms with Crippen LogP contribution in [-0.4, -0.2) is 41.6 Å². The predicted molar refractivity (Wildman–Crippen MR) is 120 cm³/mol. The Kier molecular flexibility index (Phi) is 4.97. The topological polar surface area (TPSA) is 47.4 Å². The predicted octanol–water partition coefficient (Wildman–Crippen LogP) is 4.47. The van der Waals surface area contributed by atoms with Gasteiger partial charge in [0.25, 0.3) is 0 Å². The molecule has 2 aromatic heterocycles. The minimum absolute atomic E-state index is 0.118. The Balaban J connectivity index is 1.50. The zero-order valence-corrected chi connectivity index (χ0v) is 17.2. The standard InChI is InChI=1S/C25H25N3O2/c1-2-28-22-8-4-3-7-20(22)21-16-18(9-10-23(21)28)24(29)17-19-6-5-11-26-25(19)27-12-14-30-15-13-27/h3-11,16H,2,12-15,17H2,1H3. The number of hydrogen-bond donors (Lipinski definition) is 0. The number of nitrogens with zero attached hydrogens (tertiary/aromatic N) is 3. The first-order valence-electron chi connectivity index (χ1n) is 10.6. The highest BCUT2D eigenvalue weighted by Crippen LogP contribution is 2.30. The maximum atomic E-state index is 13.2. The summed E-state index contributed by atoms with van der Waals surface area (Å²) in [6.45, 7) is 6.06. The lowest BCUT2D eigenvalue weighted by Gasteiger charge is -2.29. The third-order valence-electron chi connectivity index (χ3n) is 5.94. The average molecular weight is 399 g/mol. The molecule has 5 rings (SSSR count). The fraction of sp³-hybridized carbons (Fsp3) is 0.280. The Morgan fingerprint density at radius 3 is 2.63 bits per heavy atom. The molecular formula is C25H25N3O2. The molecule has 1 aliphatic heterocycles. The SMILES string of the molecule is CCn1c2ccccc2c2cc(C(=O)Cc3cccnc3N3CCOCC3)ccc21. The number of ether oxygens (including phenoxy) is 1. The van der Waals surface area contributed by atoms with E-state index in [4.69, 9.17) is 4.74 Å². The van der Waals surface area contributed by atoms with Crippen LogP contribution in [0.4, 0.5) is 5.82 Å². The molecule has 152 valence electrons. The maximum absolute atomic E-state index is 13.2. The van der Waals surface area contributed by atoms with Gasteiger partial charge in [-0.2, -0.15) is 0 Å². The van der Waals surface area contributed by atoms with Crippen LogP contribution in [0.2, 0.25) is 0 Å². The molecule has 0 saturated carbocycles. The van der Waals surface area contributed by atoms with E-state index in [-0.39, 0.29) is 5.78 Å². The smallest absolute Gasteiger partial charge is 0.167 e. The van der Waals surface area contributed by atoms with Gasteiger partial charge in [0.05, 0.1) is 13.2 Å². The number of fused-ring (bicyclic) bond motifs is 3. The van der Waals surface area contributed by atoms with E-state index in [2.05, 4.69) is 57.8 Å². The van der Waals surface area contributed by atoms with Crippen LogP contribution in [0.1, 0.15) is 22.8 Å². The number of benzene rings is 2. The molecule has 0 N–H and O–H groups in total. The Morgan fingerprint density at radius 2 is 1.80 bits per heavy atom. The number of morpholine rings is 1. The zero-order chi connectivity index (χ0) is 20.5. The highest BCUT2D eigenvalue weighted by Gasteiger charge is 2.19.